The van der Waals surface area contributed by atoms with E-state index >= 15 is 0 Å². The first-order chi connectivity index (χ1) is 9.69. The Bertz CT molecular complexity index is 459. The topological polar surface area (TPSA) is 58.6 Å². The Morgan fingerprint density at radius 3 is 2.50 bits per heavy atom. The van der Waals surface area contributed by atoms with Crippen LogP contribution < -0.4 is 5.32 Å². The Balaban J connectivity index is 1.78. The number of anilines is 1. The molecular weight excluding hydrogens is 280 g/mol. The maximum Gasteiger partial charge on any atom is 0.321 e. The first kappa shape index (κ1) is 14.7. The third-order valence-corrected chi connectivity index (χ3v) is 3.38. The van der Waals surface area contributed by atoms with Crippen molar-refractivity contribution in [3.63, 3.8) is 0 Å². The number of amides is 2. The van der Waals surface area contributed by atoms with Crippen LogP contribution in [0.2, 0.25) is 0 Å². The Labute approximate surface area is 122 Å². The Kier molecular flexibility index (Phi) is 5.24. The predicted molar refractivity (Wildman–Crippen MR) is 76.9 cm³/mol. The van der Waals surface area contributed by atoms with Crippen LogP contribution in [-0.4, -0.2) is 42.0 Å². The van der Waals surface area contributed by atoms with Crippen LogP contribution in [0, 0.1) is 0 Å². The molecule has 1 aliphatic heterocycles. The summed E-state index contributed by atoms with van der Waals surface area (Å²) in [6.45, 7) is 1.14. The average Bonchev–Trinajstić information content (AvgIpc) is 2.49. The summed E-state index contributed by atoms with van der Waals surface area (Å²) in [6.07, 6.45) is 1.15. The first-order valence-corrected chi connectivity index (χ1v) is 7.09. The zero-order chi connectivity index (χ0) is 14.4. The van der Waals surface area contributed by atoms with Crippen LogP contribution in [-0.2, 0) is 9.53 Å². The fraction of sp³-hybridized carbons (Fsp3) is 0.429. The number of para-hydroxylation sites is 1. The van der Waals surface area contributed by atoms with Crippen LogP contribution in [0.15, 0.2) is 30.3 Å². The van der Waals surface area contributed by atoms with Crippen molar-refractivity contribution in [2.75, 3.05) is 24.3 Å². The molecule has 1 saturated heterocycles. The molecule has 1 fully saturated rings. The number of benzene rings is 1. The van der Waals surface area contributed by atoms with E-state index in [-0.39, 0.29) is 18.0 Å². The lowest BCUT2D eigenvalue weighted by molar-refractivity contribution is -0.147. The molecule has 0 radical (unpaired) electrons. The minimum absolute atomic E-state index is 0.127. The molecule has 0 aliphatic carbocycles. The van der Waals surface area contributed by atoms with Gasteiger partial charge >= 0.3 is 12.0 Å². The monoisotopic (exact) mass is 296 g/mol. The molecule has 2 rings (SSSR count). The number of piperidine rings is 1. The molecule has 20 heavy (non-hydrogen) atoms. The molecule has 1 aliphatic rings. The molecule has 5 nitrogen and oxygen atoms in total. The van der Waals surface area contributed by atoms with E-state index in [9.17, 15) is 9.59 Å². The van der Waals surface area contributed by atoms with Gasteiger partial charge in [0.25, 0.3) is 0 Å². The van der Waals surface area contributed by atoms with Gasteiger partial charge in [0.15, 0.2) is 0 Å². The smallest absolute Gasteiger partial charge is 0.321 e. The number of esters is 1. The minimum Gasteiger partial charge on any atom is -0.461 e. The highest BCUT2D eigenvalue weighted by atomic mass is 35.5. The van der Waals surface area contributed by atoms with Gasteiger partial charge in [-0.1, -0.05) is 18.2 Å². The van der Waals surface area contributed by atoms with Crippen LogP contribution in [0.4, 0.5) is 10.5 Å². The molecule has 0 unspecified atom stereocenters. The van der Waals surface area contributed by atoms with E-state index in [0.29, 0.717) is 25.9 Å². The molecule has 2 amide bonds. The highest BCUT2D eigenvalue weighted by Gasteiger charge is 2.24. The number of hydrogen-bond donors (Lipinski definition) is 1. The Morgan fingerprint density at radius 1 is 1.25 bits per heavy atom. The normalized spacial score (nSPS) is 15.8. The van der Waals surface area contributed by atoms with Gasteiger partial charge in [-0.15, -0.1) is 11.6 Å². The SMILES string of the molecule is O=C(CCl)OC1CCN(C(=O)Nc2ccccc2)CC1. The van der Waals surface area contributed by atoms with Crippen molar-refractivity contribution in [2.24, 2.45) is 0 Å². The Morgan fingerprint density at radius 2 is 1.90 bits per heavy atom. The van der Waals surface area contributed by atoms with Gasteiger partial charge in [0.1, 0.15) is 12.0 Å². The van der Waals surface area contributed by atoms with Gasteiger partial charge in [0.05, 0.1) is 0 Å². The van der Waals surface area contributed by atoms with Crippen molar-refractivity contribution < 1.29 is 14.3 Å². The molecule has 0 aromatic heterocycles. The standard InChI is InChI=1S/C14H17ClN2O3/c15-10-13(18)20-12-6-8-17(9-7-12)14(19)16-11-4-2-1-3-5-11/h1-5,12H,6-10H2,(H,16,19). The van der Waals surface area contributed by atoms with Gasteiger partial charge in [-0.25, -0.2) is 4.79 Å². The molecule has 0 spiro atoms. The van der Waals surface area contributed by atoms with Crippen LogP contribution >= 0.6 is 11.6 Å². The lowest BCUT2D eigenvalue weighted by Gasteiger charge is -2.31. The molecule has 0 saturated carbocycles. The van der Waals surface area contributed by atoms with E-state index in [4.69, 9.17) is 16.3 Å². The van der Waals surface area contributed by atoms with E-state index < -0.39 is 5.97 Å². The number of ether oxygens (including phenoxy) is 1. The molecule has 1 aromatic carbocycles. The van der Waals surface area contributed by atoms with Crippen molar-refractivity contribution in [1.29, 1.82) is 0 Å². The molecule has 1 aromatic rings. The number of nitrogens with zero attached hydrogens (tertiary/aromatic N) is 1. The maximum atomic E-state index is 12.0. The molecule has 0 atom stereocenters. The van der Waals surface area contributed by atoms with Crippen LogP contribution in [0.5, 0.6) is 0 Å². The summed E-state index contributed by atoms with van der Waals surface area (Å²) >= 11 is 5.39. The Hall–Kier alpha value is -1.75. The number of urea groups is 1. The summed E-state index contributed by atoms with van der Waals surface area (Å²) in [5, 5.41) is 2.84. The van der Waals surface area contributed by atoms with Crippen molar-refractivity contribution in [3.8, 4) is 0 Å². The van der Waals surface area contributed by atoms with Crippen molar-refractivity contribution in [2.45, 2.75) is 18.9 Å². The fourth-order valence-electron chi connectivity index (χ4n) is 2.12. The highest BCUT2D eigenvalue weighted by molar-refractivity contribution is 6.26. The zero-order valence-corrected chi connectivity index (χ0v) is 11.8. The second kappa shape index (κ2) is 7.14. The van der Waals surface area contributed by atoms with Gasteiger partial charge in [-0.3, -0.25) is 4.79 Å². The van der Waals surface area contributed by atoms with Crippen molar-refractivity contribution in [3.05, 3.63) is 30.3 Å². The van der Waals surface area contributed by atoms with E-state index in [1.807, 2.05) is 30.3 Å². The molecule has 6 heteroatoms. The molecular formula is C14H17ClN2O3. The summed E-state index contributed by atoms with van der Waals surface area (Å²) in [7, 11) is 0. The van der Waals surface area contributed by atoms with Crippen molar-refractivity contribution >= 4 is 29.3 Å². The number of alkyl halides is 1. The van der Waals surface area contributed by atoms with Gasteiger partial charge in [0, 0.05) is 31.6 Å². The summed E-state index contributed by atoms with van der Waals surface area (Å²) < 4.78 is 5.16. The number of hydrogen-bond acceptors (Lipinski definition) is 3. The summed E-state index contributed by atoms with van der Waals surface area (Å²) in [5.74, 6) is -0.534. The number of carbonyl (C=O) groups excluding carboxylic acids is 2. The number of nitrogens with one attached hydrogen (secondary N) is 1. The van der Waals surface area contributed by atoms with E-state index in [0.717, 1.165) is 5.69 Å². The third kappa shape index (κ3) is 4.13. The second-order valence-corrected chi connectivity index (χ2v) is 4.87. The molecule has 1 N–H and O–H groups in total. The van der Waals surface area contributed by atoms with Crippen LogP contribution in [0.3, 0.4) is 0 Å². The van der Waals surface area contributed by atoms with Gasteiger partial charge < -0.3 is 15.0 Å². The number of carbonyl (C=O) groups is 2. The quantitative estimate of drug-likeness (QED) is 0.688. The van der Waals surface area contributed by atoms with Gasteiger partial charge in [0.2, 0.25) is 0 Å². The molecule has 0 bridgehead atoms. The summed E-state index contributed by atoms with van der Waals surface area (Å²) in [4.78, 5) is 24.8. The average molecular weight is 297 g/mol. The fourth-order valence-corrected chi connectivity index (χ4v) is 2.18. The number of rotatable bonds is 3. The van der Waals surface area contributed by atoms with Crippen LogP contribution in [0.1, 0.15) is 12.8 Å². The van der Waals surface area contributed by atoms with Gasteiger partial charge in [-0.05, 0) is 12.1 Å². The molecule has 1 heterocycles. The lowest BCUT2D eigenvalue weighted by Crippen LogP contribution is -2.43. The third-order valence-electron chi connectivity index (χ3n) is 3.16. The summed E-state index contributed by atoms with van der Waals surface area (Å²) in [6, 6.07) is 9.19. The summed E-state index contributed by atoms with van der Waals surface area (Å²) in [5.41, 5.74) is 0.771. The lowest BCUT2D eigenvalue weighted by atomic mass is 10.1. The van der Waals surface area contributed by atoms with E-state index in [1.54, 1.807) is 4.90 Å². The van der Waals surface area contributed by atoms with Gasteiger partial charge in [-0.2, -0.15) is 0 Å². The highest BCUT2D eigenvalue weighted by Crippen LogP contribution is 2.15. The first-order valence-electron chi connectivity index (χ1n) is 6.55. The largest absolute Gasteiger partial charge is 0.461 e. The minimum atomic E-state index is -0.404. The van der Waals surface area contributed by atoms with Crippen molar-refractivity contribution in [1.82, 2.24) is 4.90 Å². The predicted octanol–water partition coefficient (Wildman–Crippen LogP) is 2.46. The second-order valence-electron chi connectivity index (χ2n) is 4.61. The number of likely N-dealkylation sites (tertiary alicyclic amines) is 1. The zero-order valence-electron chi connectivity index (χ0n) is 11.0. The number of halogens is 1. The molecule has 108 valence electrons. The van der Waals surface area contributed by atoms with E-state index in [2.05, 4.69) is 5.32 Å². The maximum absolute atomic E-state index is 12.0. The van der Waals surface area contributed by atoms with Crippen LogP contribution in [0.25, 0.3) is 0 Å². The van der Waals surface area contributed by atoms with E-state index in [1.165, 1.54) is 0 Å².